The summed E-state index contributed by atoms with van der Waals surface area (Å²) in [6.07, 6.45) is 4.71. The van der Waals surface area contributed by atoms with Gasteiger partial charge in [0, 0.05) is 31.7 Å². The number of fused-ring (bicyclic) bond motifs is 1. The first-order valence-corrected chi connectivity index (χ1v) is 7.71. The average molecular weight is 314 g/mol. The average Bonchev–Trinajstić information content (AvgIpc) is 2.89. The van der Waals surface area contributed by atoms with Crippen LogP contribution in [0.15, 0.2) is 29.6 Å². The highest BCUT2D eigenvalue weighted by atomic mass is 35.5. The molecular formula is C11H12ClN5O2S. The summed E-state index contributed by atoms with van der Waals surface area (Å²) in [5.74, 6) is 0.828. The molecule has 106 valence electrons. The second-order valence-corrected chi connectivity index (χ2v) is 6.76. The Hall–Kier alpha value is -1.64. The summed E-state index contributed by atoms with van der Waals surface area (Å²) < 4.78 is 28.4. The van der Waals surface area contributed by atoms with Crippen molar-refractivity contribution in [3.8, 4) is 0 Å². The Balaban J connectivity index is 1.95. The first-order valence-electron chi connectivity index (χ1n) is 5.89. The van der Waals surface area contributed by atoms with Crippen LogP contribution in [-0.2, 0) is 23.1 Å². The van der Waals surface area contributed by atoms with Crippen molar-refractivity contribution in [2.24, 2.45) is 0 Å². The molecule has 0 spiro atoms. The standard InChI is InChI=1S/C11H12ClN5O2S/c12-9-5-8(6-15-11(9)13)20(18,19)17-4-3-16-2-1-14-10(16)7-17/h1-2,5-6H,3-4,7H2,(H2,13,15). The zero-order chi connectivity index (χ0) is 14.3. The van der Waals surface area contributed by atoms with E-state index in [1.807, 2.05) is 10.8 Å². The van der Waals surface area contributed by atoms with Crippen molar-refractivity contribution in [3.63, 3.8) is 0 Å². The van der Waals surface area contributed by atoms with Crippen LogP contribution in [-0.4, -0.2) is 33.8 Å². The molecule has 7 nitrogen and oxygen atoms in total. The summed E-state index contributed by atoms with van der Waals surface area (Å²) in [7, 11) is -3.64. The number of nitrogen functional groups attached to an aromatic ring is 1. The first-order chi connectivity index (χ1) is 9.48. The van der Waals surface area contributed by atoms with E-state index in [1.165, 1.54) is 16.6 Å². The van der Waals surface area contributed by atoms with Gasteiger partial charge in [0.2, 0.25) is 10.0 Å². The highest BCUT2D eigenvalue weighted by Crippen LogP contribution is 2.24. The second-order valence-electron chi connectivity index (χ2n) is 4.41. The maximum absolute atomic E-state index is 12.5. The quantitative estimate of drug-likeness (QED) is 0.881. The van der Waals surface area contributed by atoms with E-state index in [4.69, 9.17) is 17.3 Å². The monoisotopic (exact) mass is 313 g/mol. The predicted octanol–water partition coefficient (Wildman–Crippen LogP) is 0.718. The zero-order valence-electron chi connectivity index (χ0n) is 10.4. The van der Waals surface area contributed by atoms with Gasteiger partial charge in [0.1, 0.15) is 16.5 Å². The number of nitrogens with zero attached hydrogens (tertiary/aromatic N) is 4. The van der Waals surface area contributed by atoms with Gasteiger partial charge in [-0.05, 0) is 6.07 Å². The van der Waals surface area contributed by atoms with Crippen LogP contribution in [0.4, 0.5) is 5.82 Å². The third kappa shape index (κ3) is 2.15. The molecule has 0 atom stereocenters. The maximum Gasteiger partial charge on any atom is 0.245 e. The van der Waals surface area contributed by atoms with E-state index in [9.17, 15) is 8.42 Å². The topological polar surface area (TPSA) is 94.1 Å². The van der Waals surface area contributed by atoms with Crippen LogP contribution in [0.3, 0.4) is 0 Å². The number of imidazole rings is 1. The Morgan fingerprint density at radius 3 is 2.85 bits per heavy atom. The normalized spacial score (nSPS) is 16.1. The van der Waals surface area contributed by atoms with Crippen molar-refractivity contribution in [2.75, 3.05) is 12.3 Å². The number of sulfonamides is 1. The lowest BCUT2D eigenvalue weighted by molar-refractivity contribution is 0.335. The van der Waals surface area contributed by atoms with Gasteiger partial charge in [0.25, 0.3) is 0 Å². The predicted molar refractivity (Wildman–Crippen MR) is 73.5 cm³/mol. The molecule has 0 bridgehead atoms. The van der Waals surface area contributed by atoms with Crippen LogP contribution in [0.25, 0.3) is 0 Å². The molecule has 3 heterocycles. The van der Waals surface area contributed by atoms with E-state index in [1.54, 1.807) is 6.20 Å². The van der Waals surface area contributed by atoms with E-state index in [2.05, 4.69) is 9.97 Å². The molecule has 0 unspecified atom stereocenters. The Kier molecular flexibility index (Phi) is 3.15. The van der Waals surface area contributed by atoms with E-state index in [-0.39, 0.29) is 22.3 Å². The molecule has 0 fully saturated rings. The fourth-order valence-corrected chi connectivity index (χ4v) is 3.67. The fraction of sp³-hybridized carbons (Fsp3) is 0.273. The van der Waals surface area contributed by atoms with Gasteiger partial charge in [-0.3, -0.25) is 0 Å². The minimum atomic E-state index is -3.64. The lowest BCUT2D eigenvalue weighted by atomic mass is 10.4. The van der Waals surface area contributed by atoms with Gasteiger partial charge in [-0.2, -0.15) is 4.31 Å². The lowest BCUT2D eigenvalue weighted by Gasteiger charge is -2.26. The van der Waals surface area contributed by atoms with Gasteiger partial charge in [0.15, 0.2) is 0 Å². The minimum absolute atomic E-state index is 0.0386. The third-order valence-corrected chi connectivity index (χ3v) is 5.31. The van der Waals surface area contributed by atoms with Gasteiger partial charge >= 0.3 is 0 Å². The van der Waals surface area contributed by atoms with Crippen LogP contribution in [0, 0.1) is 0 Å². The van der Waals surface area contributed by atoms with Crippen LogP contribution in [0.1, 0.15) is 5.82 Å². The van der Waals surface area contributed by atoms with E-state index in [0.29, 0.717) is 18.9 Å². The molecule has 0 aromatic carbocycles. The number of anilines is 1. The molecule has 0 saturated heterocycles. The van der Waals surface area contributed by atoms with E-state index >= 15 is 0 Å². The Labute approximate surface area is 121 Å². The Morgan fingerprint density at radius 2 is 2.10 bits per heavy atom. The summed E-state index contributed by atoms with van der Waals surface area (Å²) in [5.41, 5.74) is 5.49. The number of hydrogen-bond acceptors (Lipinski definition) is 5. The maximum atomic E-state index is 12.5. The van der Waals surface area contributed by atoms with E-state index in [0.717, 1.165) is 0 Å². The SMILES string of the molecule is Nc1ncc(S(=O)(=O)N2CCn3ccnc3C2)cc1Cl. The minimum Gasteiger partial charge on any atom is -0.382 e. The first kappa shape index (κ1) is 13.3. The molecule has 3 rings (SSSR count). The smallest absolute Gasteiger partial charge is 0.245 e. The highest BCUT2D eigenvalue weighted by molar-refractivity contribution is 7.89. The second kappa shape index (κ2) is 4.72. The molecule has 1 aliphatic rings. The molecule has 2 aromatic rings. The third-order valence-electron chi connectivity index (χ3n) is 3.19. The molecule has 0 aliphatic carbocycles. The van der Waals surface area contributed by atoms with Crippen LogP contribution >= 0.6 is 11.6 Å². The van der Waals surface area contributed by atoms with Gasteiger partial charge in [-0.25, -0.2) is 18.4 Å². The number of halogens is 1. The molecule has 20 heavy (non-hydrogen) atoms. The van der Waals surface area contributed by atoms with Crippen molar-refractivity contribution in [2.45, 2.75) is 18.0 Å². The van der Waals surface area contributed by atoms with Crippen molar-refractivity contribution < 1.29 is 8.42 Å². The molecule has 2 aromatic heterocycles. The molecular weight excluding hydrogens is 302 g/mol. The number of nitrogens with two attached hydrogens (primary N) is 1. The number of hydrogen-bond donors (Lipinski definition) is 1. The van der Waals surface area contributed by atoms with Gasteiger partial charge < -0.3 is 10.3 Å². The summed E-state index contributed by atoms with van der Waals surface area (Å²) in [6, 6.07) is 1.32. The van der Waals surface area contributed by atoms with Crippen LogP contribution in [0.5, 0.6) is 0 Å². The summed E-state index contributed by atoms with van der Waals surface area (Å²) in [6.45, 7) is 1.19. The molecule has 0 saturated carbocycles. The summed E-state index contributed by atoms with van der Waals surface area (Å²) in [4.78, 5) is 7.97. The highest BCUT2D eigenvalue weighted by Gasteiger charge is 2.29. The number of pyridine rings is 1. The van der Waals surface area contributed by atoms with Gasteiger partial charge in [-0.1, -0.05) is 11.6 Å². The van der Waals surface area contributed by atoms with Crippen molar-refractivity contribution in [1.29, 1.82) is 0 Å². The van der Waals surface area contributed by atoms with Crippen molar-refractivity contribution >= 4 is 27.4 Å². The number of rotatable bonds is 2. The Bertz CT molecular complexity index is 758. The Morgan fingerprint density at radius 1 is 1.30 bits per heavy atom. The fourth-order valence-electron chi connectivity index (χ4n) is 2.08. The van der Waals surface area contributed by atoms with Crippen molar-refractivity contribution in [1.82, 2.24) is 18.8 Å². The van der Waals surface area contributed by atoms with E-state index < -0.39 is 10.0 Å². The van der Waals surface area contributed by atoms with Crippen LogP contribution in [0.2, 0.25) is 5.02 Å². The van der Waals surface area contributed by atoms with Gasteiger partial charge in [-0.15, -0.1) is 0 Å². The molecule has 0 radical (unpaired) electrons. The molecule has 2 N–H and O–H groups in total. The zero-order valence-corrected chi connectivity index (χ0v) is 12.0. The van der Waals surface area contributed by atoms with Crippen molar-refractivity contribution in [3.05, 3.63) is 35.5 Å². The molecule has 0 amide bonds. The summed E-state index contributed by atoms with van der Waals surface area (Å²) >= 11 is 5.84. The summed E-state index contributed by atoms with van der Waals surface area (Å²) in [5, 5.41) is 0.129. The molecule has 9 heteroatoms. The largest absolute Gasteiger partial charge is 0.382 e. The number of aromatic nitrogens is 3. The van der Waals surface area contributed by atoms with Crippen LogP contribution < -0.4 is 5.73 Å². The van der Waals surface area contributed by atoms with Gasteiger partial charge in [0.05, 0.1) is 11.6 Å². The lowest BCUT2D eigenvalue weighted by Crippen LogP contribution is -2.38. The molecule has 1 aliphatic heterocycles.